The minimum Gasteiger partial charge on any atom is -0.486 e. The van der Waals surface area contributed by atoms with E-state index < -0.39 is 11.2 Å². The molecule has 5 aliphatic rings. The highest BCUT2D eigenvalue weighted by Gasteiger charge is 2.49. The van der Waals surface area contributed by atoms with Crippen LogP contribution in [0.2, 0.25) is 0 Å². The molecule has 3 aliphatic carbocycles. The van der Waals surface area contributed by atoms with Gasteiger partial charge in [-0.3, -0.25) is 19.3 Å². The lowest BCUT2D eigenvalue weighted by atomic mass is 9.65. The minimum absolute atomic E-state index is 0.0433. The van der Waals surface area contributed by atoms with Crippen LogP contribution in [0.4, 0.5) is 5.82 Å². The first-order valence-electron chi connectivity index (χ1n) is 16.1. The van der Waals surface area contributed by atoms with Gasteiger partial charge in [-0.25, -0.2) is 4.98 Å². The quantitative estimate of drug-likeness (QED) is 0.118. The summed E-state index contributed by atoms with van der Waals surface area (Å²) in [6.45, 7) is 6.25. The van der Waals surface area contributed by atoms with E-state index in [9.17, 15) is 24.8 Å². The number of carbonyl (C=O) groups is 4. The molecule has 2 amide bonds. The standard InChI is InChI=1S/C29H36N6O4.C4H8O.CH3NO/c1-33-13-14-35(26(37)19-33)18-22-15-21-3-2-11-34(27(21)32-24(22)20-36)12-4-25(23(16-30)17-31)39-29-8-5-28(38,6-9-29)7-10-29;1-3-4(2)5;2-1-3/h4,12,15-16,20,30,38H,2-3,5-11,13-14,18-19H2,1H3;3H2,1-2H3;1H,(H2,2,3)/b12-4+,25-23-,30-16?;;. The second-order valence-corrected chi connectivity index (χ2v) is 12.5. The number of likely N-dealkylation sites (N-methyl/N-ethyl adjacent to an activating group) is 1. The molecule has 3 heterocycles. The number of hydrogen-bond donors (Lipinski definition) is 3. The molecule has 0 spiro atoms. The number of aldehydes is 1. The molecule has 2 aliphatic heterocycles. The predicted molar refractivity (Wildman–Crippen MR) is 176 cm³/mol. The van der Waals surface area contributed by atoms with Crippen LogP contribution in [-0.4, -0.2) is 94.9 Å². The van der Waals surface area contributed by atoms with Crippen LogP contribution in [0, 0.1) is 16.7 Å². The molecule has 0 unspecified atom stereocenters. The first-order chi connectivity index (χ1) is 22.5. The zero-order valence-electron chi connectivity index (χ0n) is 27.7. The van der Waals surface area contributed by atoms with Gasteiger partial charge in [0.25, 0.3) is 0 Å². The molecule has 2 bridgehead atoms. The van der Waals surface area contributed by atoms with E-state index >= 15 is 0 Å². The molecule has 0 aromatic carbocycles. The fourth-order valence-electron chi connectivity index (χ4n) is 6.17. The van der Waals surface area contributed by atoms with E-state index in [-0.39, 0.29) is 23.7 Å². The molecule has 1 saturated heterocycles. The molecule has 13 nitrogen and oxygen atoms in total. The minimum atomic E-state index is -0.597. The van der Waals surface area contributed by atoms with Crippen LogP contribution in [0.25, 0.3) is 0 Å². The number of amides is 2. The molecule has 4 N–H and O–H groups in total. The highest BCUT2D eigenvalue weighted by atomic mass is 16.5. The van der Waals surface area contributed by atoms with Crippen molar-refractivity contribution in [3.8, 4) is 6.07 Å². The van der Waals surface area contributed by atoms with Crippen molar-refractivity contribution in [2.45, 2.75) is 89.4 Å². The molecule has 6 rings (SSSR count). The van der Waals surface area contributed by atoms with Crippen molar-refractivity contribution >= 4 is 36.4 Å². The lowest BCUT2D eigenvalue weighted by molar-refractivity contribution is -0.145. The van der Waals surface area contributed by atoms with E-state index in [4.69, 9.17) is 19.9 Å². The zero-order chi connectivity index (χ0) is 34.6. The number of carbonyl (C=O) groups excluding carboxylic acids is 4. The van der Waals surface area contributed by atoms with E-state index in [1.54, 1.807) is 17.9 Å². The van der Waals surface area contributed by atoms with Crippen molar-refractivity contribution in [1.29, 1.82) is 10.7 Å². The summed E-state index contributed by atoms with van der Waals surface area (Å²) in [6, 6.07) is 4.07. The van der Waals surface area contributed by atoms with Gasteiger partial charge in [-0.05, 0) is 83.0 Å². The van der Waals surface area contributed by atoms with E-state index in [2.05, 4.69) is 11.8 Å². The number of nitriles is 1. The van der Waals surface area contributed by atoms with Gasteiger partial charge in [0.05, 0.1) is 12.1 Å². The Balaban J connectivity index is 0.000000676. The summed E-state index contributed by atoms with van der Waals surface area (Å²) in [7, 11) is 1.92. The highest BCUT2D eigenvalue weighted by Crippen LogP contribution is 2.49. The maximum Gasteiger partial charge on any atom is 0.237 e. The number of nitrogens with zero attached hydrogens (tertiary/aromatic N) is 5. The van der Waals surface area contributed by atoms with Crippen molar-refractivity contribution in [3.05, 3.63) is 46.5 Å². The number of primary amides is 1. The number of ether oxygens (including phenoxy) is 1. The topological polar surface area (TPSA) is 194 Å². The van der Waals surface area contributed by atoms with E-state index in [0.29, 0.717) is 88.4 Å². The van der Waals surface area contributed by atoms with Crippen LogP contribution < -0.4 is 10.6 Å². The number of Topliss-reactive ketones (excluding diaryl/α,β-unsaturated/α-hetero) is 1. The van der Waals surface area contributed by atoms with Crippen LogP contribution in [0.15, 0.2) is 29.7 Å². The van der Waals surface area contributed by atoms with Gasteiger partial charge in [-0.2, -0.15) is 5.26 Å². The van der Waals surface area contributed by atoms with Gasteiger partial charge in [0.1, 0.15) is 40.3 Å². The van der Waals surface area contributed by atoms with Crippen molar-refractivity contribution in [2.75, 3.05) is 38.1 Å². The van der Waals surface area contributed by atoms with E-state index in [1.165, 1.54) is 0 Å². The number of fused-ring (bicyclic) bond motifs is 4. The van der Waals surface area contributed by atoms with Crippen LogP contribution in [-0.2, 0) is 32.1 Å². The van der Waals surface area contributed by atoms with E-state index in [1.807, 2.05) is 36.0 Å². The largest absolute Gasteiger partial charge is 0.486 e. The van der Waals surface area contributed by atoms with Crippen LogP contribution >= 0.6 is 0 Å². The fraction of sp³-hybridized carbons (Fsp3) is 0.559. The van der Waals surface area contributed by atoms with Crippen molar-refractivity contribution in [3.63, 3.8) is 0 Å². The summed E-state index contributed by atoms with van der Waals surface area (Å²) in [6.07, 6.45) is 12.1. The Kier molecular flexibility index (Phi) is 13.4. The summed E-state index contributed by atoms with van der Waals surface area (Å²) < 4.78 is 6.46. The summed E-state index contributed by atoms with van der Waals surface area (Å²) in [5, 5.41) is 28.0. The van der Waals surface area contributed by atoms with Gasteiger partial charge < -0.3 is 35.6 Å². The molecular formula is C34H47N7O6. The van der Waals surface area contributed by atoms with Gasteiger partial charge in [0.15, 0.2) is 6.29 Å². The zero-order valence-corrected chi connectivity index (χ0v) is 27.7. The number of aromatic nitrogens is 1. The summed E-state index contributed by atoms with van der Waals surface area (Å²) >= 11 is 0. The van der Waals surface area contributed by atoms with Gasteiger partial charge in [-0.1, -0.05) is 6.92 Å². The highest BCUT2D eigenvalue weighted by molar-refractivity contribution is 5.83. The third-order valence-electron chi connectivity index (χ3n) is 9.19. The number of allylic oxidation sites excluding steroid dienone is 2. The molecule has 3 saturated carbocycles. The number of hydrogen-bond acceptors (Lipinski definition) is 11. The van der Waals surface area contributed by atoms with Crippen LogP contribution in [0.5, 0.6) is 0 Å². The normalized spacial score (nSPS) is 24.0. The maximum absolute atomic E-state index is 12.5. The van der Waals surface area contributed by atoms with Crippen molar-refractivity contribution < 1.29 is 29.0 Å². The molecular weight excluding hydrogens is 602 g/mol. The van der Waals surface area contributed by atoms with Gasteiger partial charge in [0.2, 0.25) is 12.3 Å². The number of pyridine rings is 1. The van der Waals surface area contributed by atoms with Gasteiger partial charge in [-0.15, -0.1) is 0 Å². The van der Waals surface area contributed by atoms with Gasteiger partial charge >= 0.3 is 0 Å². The number of anilines is 1. The Morgan fingerprint density at radius 1 is 1.19 bits per heavy atom. The second-order valence-electron chi connectivity index (χ2n) is 12.5. The van der Waals surface area contributed by atoms with Crippen LogP contribution in [0.1, 0.15) is 86.8 Å². The number of piperazine rings is 1. The lowest BCUT2D eigenvalue weighted by Crippen LogP contribution is -2.51. The molecule has 0 atom stereocenters. The third-order valence-corrected chi connectivity index (χ3v) is 9.19. The number of ketones is 1. The Labute approximate surface area is 276 Å². The number of nitrogens with two attached hydrogens (primary N) is 1. The Hall–Kier alpha value is -4.41. The first-order valence-corrected chi connectivity index (χ1v) is 16.1. The first kappa shape index (κ1) is 37.1. The van der Waals surface area contributed by atoms with Crippen molar-refractivity contribution in [2.24, 2.45) is 5.73 Å². The van der Waals surface area contributed by atoms with Gasteiger partial charge in [0, 0.05) is 50.6 Å². The Bertz CT molecular complexity index is 1410. The van der Waals surface area contributed by atoms with E-state index in [0.717, 1.165) is 43.0 Å². The summed E-state index contributed by atoms with van der Waals surface area (Å²) in [5.74, 6) is 1.32. The summed E-state index contributed by atoms with van der Waals surface area (Å²) in [4.78, 5) is 53.3. The fourth-order valence-corrected chi connectivity index (χ4v) is 6.17. The molecule has 47 heavy (non-hydrogen) atoms. The average molecular weight is 650 g/mol. The Morgan fingerprint density at radius 2 is 1.83 bits per heavy atom. The van der Waals surface area contributed by atoms with Crippen molar-refractivity contribution in [1.82, 2.24) is 14.8 Å². The molecule has 0 radical (unpaired) electrons. The molecule has 1 aromatic rings. The predicted octanol–water partition coefficient (Wildman–Crippen LogP) is 2.80. The molecule has 13 heteroatoms. The number of rotatable bonds is 9. The van der Waals surface area contributed by atoms with Crippen LogP contribution in [0.3, 0.4) is 0 Å². The number of aryl methyl sites for hydroxylation is 1. The SMILES string of the molecule is CCC(C)=O.CN1CCN(Cc2cc3c(nc2C=O)N(/C=C/C(OC24CCC(O)(CC2)CC4)=C(/C#N)C=N)CCC3)C(=O)C1.NC=O. The monoisotopic (exact) mass is 649 g/mol. The summed E-state index contributed by atoms with van der Waals surface area (Å²) in [5.41, 5.74) is 5.34. The maximum atomic E-state index is 12.5. The lowest BCUT2D eigenvalue weighted by Gasteiger charge is -2.50. The Morgan fingerprint density at radius 3 is 2.36 bits per heavy atom. The second kappa shape index (κ2) is 16.9. The smallest absolute Gasteiger partial charge is 0.237 e. The molecule has 254 valence electrons. The number of nitrogens with one attached hydrogen (secondary N) is 1. The molecule has 1 aromatic heterocycles. The molecule has 4 fully saturated rings. The number of aliphatic hydroxyl groups is 1. The third kappa shape index (κ3) is 9.79. The average Bonchev–Trinajstić information content (AvgIpc) is 3.06.